The molecule has 0 fully saturated rings. The fourth-order valence-corrected chi connectivity index (χ4v) is 1.62. The van der Waals surface area contributed by atoms with E-state index in [1.165, 1.54) is 0 Å². The number of nitrogens with zero attached hydrogens (tertiary/aromatic N) is 2. The first-order valence-corrected chi connectivity index (χ1v) is 5.76. The van der Waals surface area contributed by atoms with E-state index in [1.54, 1.807) is 12.1 Å². The number of aromatic nitrogens is 2. The summed E-state index contributed by atoms with van der Waals surface area (Å²) in [5, 5.41) is 0.692. The number of ether oxygens (including phenoxy) is 1. The van der Waals surface area contributed by atoms with Crippen molar-refractivity contribution in [2.75, 3.05) is 5.73 Å². The lowest BCUT2D eigenvalue weighted by molar-refractivity contribution is 0.302. The van der Waals surface area contributed by atoms with Gasteiger partial charge < -0.3 is 15.0 Å². The van der Waals surface area contributed by atoms with E-state index in [9.17, 15) is 0 Å². The lowest BCUT2D eigenvalue weighted by Crippen LogP contribution is -1.98. The van der Waals surface area contributed by atoms with E-state index in [2.05, 4.69) is 4.98 Å². The summed E-state index contributed by atoms with van der Waals surface area (Å²) in [5.74, 6) is 1.28. The highest BCUT2D eigenvalue weighted by Crippen LogP contribution is 2.17. The lowest BCUT2D eigenvalue weighted by atomic mass is 10.3. The van der Waals surface area contributed by atoms with Crippen molar-refractivity contribution in [2.24, 2.45) is 0 Å². The molecule has 90 valence electrons. The van der Waals surface area contributed by atoms with E-state index in [4.69, 9.17) is 22.1 Å². The van der Waals surface area contributed by atoms with Crippen molar-refractivity contribution in [3.63, 3.8) is 0 Å². The maximum absolute atomic E-state index is 5.78. The molecular formula is C12H14ClN3O. The molecule has 2 aromatic rings. The Hall–Kier alpha value is -1.68. The van der Waals surface area contributed by atoms with Crippen molar-refractivity contribution in [3.8, 4) is 5.75 Å². The van der Waals surface area contributed by atoms with Gasteiger partial charge >= 0.3 is 0 Å². The Morgan fingerprint density at radius 1 is 1.35 bits per heavy atom. The van der Waals surface area contributed by atoms with Crippen molar-refractivity contribution in [1.82, 2.24) is 9.55 Å². The highest BCUT2D eigenvalue weighted by atomic mass is 35.5. The number of anilines is 1. The van der Waals surface area contributed by atoms with Gasteiger partial charge in [-0.3, -0.25) is 0 Å². The summed E-state index contributed by atoms with van der Waals surface area (Å²) >= 11 is 5.78. The summed E-state index contributed by atoms with van der Waals surface area (Å²) in [6.45, 7) is 3.22. The zero-order valence-corrected chi connectivity index (χ0v) is 10.3. The smallest absolute Gasteiger partial charge is 0.200 e. The Bertz CT molecular complexity index is 493. The number of hydrogen-bond acceptors (Lipinski definition) is 3. The Balaban J connectivity index is 1.99. The molecule has 0 amide bonds. The Labute approximate surface area is 105 Å². The van der Waals surface area contributed by atoms with Gasteiger partial charge in [0.05, 0.1) is 5.69 Å². The summed E-state index contributed by atoms with van der Waals surface area (Å²) in [7, 11) is 0. The normalized spacial score (nSPS) is 10.5. The third-order valence-electron chi connectivity index (χ3n) is 2.40. The van der Waals surface area contributed by atoms with Crippen LogP contribution in [0, 0.1) is 0 Å². The van der Waals surface area contributed by atoms with Crippen LogP contribution in [0.3, 0.4) is 0 Å². The van der Waals surface area contributed by atoms with Gasteiger partial charge in [0, 0.05) is 17.8 Å². The number of rotatable bonds is 4. The van der Waals surface area contributed by atoms with Crippen LogP contribution < -0.4 is 10.5 Å². The zero-order chi connectivity index (χ0) is 12.3. The number of nitrogen functional groups attached to an aromatic ring is 1. The van der Waals surface area contributed by atoms with Crippen LogP contribution >= 0.6 is 11.6 Å². The number of halogens is 1. The fourth-order valence-electron chi connectivity index (χ4n) is 1.50. The Morgan fingerprint density at radius 2 is 2.06 bits per heavy atom. The van der Waals surface area contributed by atoms with Gasteiger partial charge in [0.2, 0.25) is 0 Å². The van der Waals surface area contributed by atoms with Crippen molar-refractivity contribution >= 4 is 17.5 Å². The molecule has 0 radical (unpaired) electrons. The first kappa shape index (κ1) is 11.8. The first-order chi connectivity index (χ1) is 8.19. The molecule has 0 aliphatic carbocycles. The van der Waals surface area contributed by atoms with Crippen LogP contribution in [0.4, 0.5) is 5.95 Å². The van der Waals surface area contributed by atoms with E-state index < -0.39 is 0 Å². The highest BCUT2D eigenvalue weighted by molar-refractivity contribution is 6.30. The first-order valence-electron chi connectivity index (χ1n) is 5.39. The third kappa shape index (κ3) is 2.91. The molecule has 0 aliphatic rings. The standard InChI is InChI=1S/C12H14ClN3O/c1-2-16-7-10(15-12(16)14)8-17-11-5-3-9(13)4-6-11/h3-7H,2,8H2,1H3,(H2,14,15). The summed E-state index contributed by atoms with van der Waals surface area (Å²) in [6, 6.07) is 7.22. The highest BCUT2D eigenvalue weighted by Gasteiger charge is 2.04. The second-order valence-electron chi connectivity index (χ2n) is 3.62. The zero-order valence-electron chi connectivity index (χ0n) is 9.56. The molecule has 5 heteroatoms. The fraction of sp³-hybridized carbons (Fsp3) is 0.250. The molecule has 0 bridgehead atoms. The molecule has 1 heterocycles. The second kappa shape index (κ2) is 5.10. The molecule has 0 aliphatic heterocycles. The molecule has 2 N–H and O–H groups in total. The number of imidazole rings is 1. The van der Waals surface area contributed by atoms with Gasteiger partial charge in [-0.15, -0.1) is 0 Å². The number of nitrogens with two attached hydrogens (primary N) is 1. The predicted molar refractivity (Wildman–Crippen MR) is 68.1 cm³/mol. The largest absolute Gasteiger partial charge is 0.487 e. The van der Waals surface area contributed by atoms with Crippen LogP contribution in [0.15, 0.2) is 30.5 Å². The molecule has 0 spiro atoms. The van der Waals surface area contributed by atoms with Crippen molar-refractivity contribution in [1.29, 1.82) is 0 Å². The summed E-state index contributed by atoms with van der Waals surface area (Å²) < 4.78 is 7.45. The molecule has 1 aromatic carbocycles. The summed E-state index contributed by atoms with van der Waals surface area (Å²) in [6.07, 6.45) is 1.89. The second-order valence-corrected chi connectivity index (χ2v) is 4.06. The van der Waals surface area contributed by atoms with Gasteiger partial charge in [-0.1, -0.05) is 11.6 Å². The van der Waals surface area contributed by atoms with E-state index in [0.717, 1.165) is 18.0 Å². The van der Waals surface area contributed by atoms with Crippen LogP contribution in [-0.4, -0.2) is 9.55 Å². The average molecular weight is 252 g/mol. The summed E-state index contributed by atoms with van der Waals surface area (Å²) in [5.41, 5.74) is 6.54. The average Bonchev–Trinajstić information content (AvgIpc) is 2.69. The number of aryl methyl sites for hydroxylation is 1. The Morgan fingerprint density at radius 3 is 2.65 bits per heavy atom. The minimum Gasteiger partial charge on any atom is -0.487 e. The number of hydrogen-bond donors (Lipinski definition) is 1. The lowest BCUT2D eigenvalue weighted by Gasteiger charge is -2.03. The van der Waals surface area contributed by atoms with Crippen molar-refractivity contribution in [3.05, 3.63) is 41.2 Å². The van der Waals surface area contributed by atoms with Crippen LogP contribution in [0.2, 0.25) is 5.02 Å². The van der Waals surface area contributed by atoms with Crippen molar-refractivity contribution < 1.29 is 4.74 Å². The molecule has 0 saturated heterocycles. The molecule has 4 nitrogen and oxygen atoms in total. The maximum atomic E-state index is 5.78. The molecule has 2 rings (SSSR count). The van der Waals surface area contributed by atoms with Crippen LogP contribution in [0.1, 0.15) is 12.6 Å². The van der Waals surface area contributed by atoms with Gasteiger partial charge in [0.15, 0.2) is 5.95 Å². The van der Waals surface area contributed by atoms with Gasteiger partial charge in [-0.2, -0.15) is 0 Å². The molecular weight excluding hydrogens is 238 g/mol. The van der Waals surface area contributed by atoms with Crippen molar-refractivity contribution in [2.45, 2.75) is 20.1 Å². The maximum Gasteiger partial charge on any atom is 0.200 e. The van der Waals surface area contributed by atoms with E-state index >= 15 is 0 Å². The SMILES string of the molecule is CCn1cc(COc2ccc(Cl)cc2)nc1N. The van der Waals surface area contributed by atoms with E-state index in [-0.39, 0.29) is 0 Å². The molecule has 0 saturated carbocycles. The van der Waals surface area contributed by atoms with Gasteiger partial charge in [-0.25, -0.2) is 4.98 Å². The molecule has 17 heavy (non-hydrogen) atoms. The quantitative estimate of drug-likeness (QED) is 0.909. The third-order valence-corrected chi connectivity index (χ3v) is 2.65. The van der Waals surface area contributed by atoms with Gasteiger partial charge in [0.25, 0.3) is 0 Å². The molecule has 1 aromatic heterocycles. The number of benzene rings is 1. The minimum absolute atomic E-state index is 0.402. The van der Waals surface area contributed by atoms with E-state index in [1.807, 2.05) is 29.8 Å². The van der Waals surface area contributed by atoms with Gasteiger partial charge in [-0.05, 0) is 31.2 Å². The van der Waals surface area contributed by atoms with E-state index in [0.29, 0.717) is 17.6 Å². The van der Waals surface area contributed by atoms with Gasteiger partial charge in [0.1, 0.15) is 12.4 Å². The topological polar surface area (TPSA) is 53.1 Å². The summed E-state index contributed by atoms with van der Waals surface area (Å²) in [4.78, 5) is 4.20. The molecule has 0 unspecified atom stereocenters. The monoisotopic (exact) mass is 251 g/mol. The molecule has 0 atom stereocenters. The van der Waals surface area contributed by atoms with Crippen LogP contribution in [0.5, 0.6) is 5.75 Å². The van der Waals surface area contributed by atoms with Crippen LogP contribution in [0.25, 0.3) is 0 Å². The minimum atomic E-state index is 0.402. The Kier molecular flexibility index (Phi) is 3.54. The van der Waals surface area contributed by atoms with Crippen LogP contribution in [-0.2, 0) is 13.2 Å². The predicted octanol–water partition coefficient (Wildman–Crippen LogP) is 2.72.